The maximum absolute atomic E-state index is 13.3. The Bertz CT molecular complexity index is 1300. The molecule has 3 aromatic carbocycles. The number of aromatic nitrogens is 2. The van der Waals surface area contributed by atoms with Crippen LogP contribution in [0.5, 0.6) is 0 Å². The predicted molar refractivity (Wildman–Crippen MR) is 132 cm³/mol. The van der Waals surface area contributed by atoms with Gasteiger partial charge in [0.2, 0.25) is 11.7 Å². The van der Waals surface area contributed by atoms with Crippen molar-refractivity contribution >= 4 is 17.3 Å². The van der Waals surface area contributed by atoms with Crippen LogP contribution in [0.4, 0.5) is 11.4 Å². The number of nitro groups is 1. The molecule has 0 aliphatic carbocycles. The summed E-state index contributed by atoms with van der Waals surface area (Å²) < 4.78 is 5.43. The summed E-state index contributed by atoms with van der Waals surface area (Å²) in [7, 11) is 3.94. The van der Waals surface area contributed by atoms with Gasteiger partial charge in [-0.2, -0.15) is 4.98 Å². The van der Waals surface area contributed by atoms with E-state index in [2.05, 4.69) is 10.1 Å². The Balaban J connectivity index is 1.51. The average Bonchev–Trinajstić information content (AvgIpc) is 3.36. The van der Waals surface area contributed by atoms with E-state index >= 15 is 0 Å². The third-order valence-corrected chi connectivity index (χ3v) is 5.51. The van der Waals surface area contributed by atoms with E-state index in [1.165, 1.54) is 18.2 Å². The fraction of sp³-hybridized carbons (Fsp3) is 0.192. The molecular weight excluding hydrogens is 446 g/mol. The minimum absolute atomic E-state index is 0.127. The van der Waals surface area contributed by atoms with Gasteiger partial charge in [0.15, 0.2) is 0 Å². The van der Waals surface area contributed by atoms with E-state index in [0.717, 1.165) is 16.8 Å². The number of rotatable bonds is 9. The van der Waals surface area contributed by atoms with Gasteiger partial charge in [0.1, 0.15) is 0 Å². The number of benzene rings is 3. The van der Waals surface area contributed by atoms with E-state index < -0.39 is 4.92 Å². The molecule has 0 fully saturated rings. The van der Waals surface area contributed by atoms with E-state index in [1.807, 2.05) is 73.6 Å². The van der Waals surface area contributed by atoms with E-state index in [4.69, 9.17) is 4.52 Å². The second kappa shape index (κ2) is 10.6. The number of non-ortho nitro benzene ring substituents is 1. The highest BCUT2D eigenvalue weighted by atomic mass is 16.6. The molecule has 9 heteroatoms. The zero-order chi connectivity index (χ0) is 24.8. The molecule has 0 N–H and O–H groups in total. The highest BCUT2D eigenvalue weighted by Gasteiger charge is 2.20. The first-order valence-corrected chi connectivity index (χ1v) is 11.1. The van der Waals surface area contributed by atoms with Crippen LogP contribution >= 0.6 is 0 Å². The predicted octanol–water partition coefficient (Wildman–Crippen LogP) is 4.60. The van der Waals surface area contributed by atoms with Gasteiger partial charge in [0.25, 0.3) is 11.6 Å². The van der Waals surface area contributed by atoms with Crippen molar-refractivity contribution in [2.45, 2.75) is 13.0 Å². The zero-order valence-electron chi connectivity index (χ0n) is 19.5. The molecule has 35 heavy (non-hydrogen) atoms. The van der Waals surface area contributed by atoms with Gasteiger partial charge in [-0.25, -0.2) is 0 Å². The Kier molecular flexibility index (Phi) is 7.15. The molecule has 0 bridgehead atoms. The molecular formula is C26H25N5O4. The van der Waals surface area contributed by atoms with Crippen molar-refractivity contribution in [3.63, 3.8) is 0 Å². The largest absolute Gasteiger partial charge is 0.378 e. The van der Waals surface area contributed by atoms with Crippen LogP contribution in [-0.2, 0) is 13.0 Å². The molecule has 0 spiro atoms. The Morgan fingerprint density at radius 3 is 2.43 bits per heavy atom. The van der Waals surface area contributed by atoms with E-state index in [9.17, 15) is 14.9 Å². The molecule has 1 amide bonds. The SMILES string of the molecule is CN(C)c1ccc(-c2noc(CCN(Cc3ccccc3)C(=O)c3cccc([N+](=O)[O-])c3)n2)cc1. The Hall–Kier alpha value is -4.53. The fourth-order valence-corrected chi connectivity index (χ4v) is 3.60. The molecule has 0 radical (unpaired) electrons. The summed E-state index contributed by atoms with van der Waals surface area (Å²) in [5.74, 6) is 0.572. The van der Waals surface area contributed by atoms with Crippen molar-refractivity contribution in [3.8, 4) is 11.4 Å². The lowest BCUT2D eigenvalue weighted by Gasteiger charge is -2.22. The number of amides is 1. The lowest BCUT2D eigenvalue weighted by Crippen LogP contribution is -2.32. The van der Waals surface area contributed by atoms with Gasteiger partial charge < -0.3 is 14.3 Å². The van der Waals surface area contributed by atoms with E-state index in [0.29, 0.717) is 31.2 Å². The van der Waals surface area contributed by atoms with Crippen LogP contribution in [0.2, 0.25) is 0 Å². The molecule has 4 rings (SSSR count). The topological polar surface area (TPSA) is 106 Å². The highest BCUT2D eigenvalue weighted by Crippen LogP contribution is 2.21. The van der Waals surface area contributed by atoms with E-state index in [-0.39, 0.29) is 17.2 Å². The third kappa shape index (κ3) is 5.89. The van der Waals surface area contributed by atoms with Gasteiger partial charge in [-0.3, -0.25) is 14.9 Å². The molecule has 0 aliphatic heterocycles. The summed E-state index contributed by atoms with van der Waals surface area (Å²) in [4.78, 5) is 32.1. The molecule has 0 aliphatic rings. The molecule has 1 heterocycles. The van der Waals surface area contributed by atoms with Gasteiger partial charge in [0.05, 0.1) is 4.92 Å². The van der Waals surface area contributed by atoms with Crippen molar-refractivity contribution in [1.29, 1.82) is 0 Å². The third-order valence-electron chi connectivity index (χ3n) is 5.51. The minimum atomic E-state index is -0.511. The highest BCUT2D eigenvalue weighted by molar-refractivity contribution is 5.94. The van der Waals surface area contributed by atoms with Gasteiger partial charge in [-0.15, -0.1) is 0 Å². The maximum Gasteiger partial charge on any atom is 0.270 e. The van der Waals surface area contributed by atoms with Gasteiger partial charge in [-0.1, -0.05) is 41.6 Å². The van der Waals surface area contributed by atoms with Gasteiger partial charge in [-0.05, 0) is 35.9 Å². The van der Waals surface area contributed by atoms with Crippen molar-refractivity contribution in [3.05, 3.63) is 106 Å². The van der Waals surface area contributed by atoms with Crippen molar-refractivity contribution in [1.82, 2.24) is 15.0 Å². The smallest absolute Gasteiger partial charge is 0.270 e. The number of carbonyl (C=O) groups is 1. The second-order valence-electron chi connectivity index (χ2n) is 8.22. The Morgan fingerprint density at radius 1 is 1.00 bits per heavy atom. The quantitative estimate of drug-likeness (QED) is 0.259. The summed E-state index contributed by atoms with van der Waals surface area (Å²) in [6.07, 6.45) is 0.344. The van der Waals surface area contributed by atoms with Crippen molar-refractivity contribution < 1.29 is 14.2 Å². The number of hydrogen-bond acceptors (Lipinski definition) is 7. The van der Waals surface area contributed by atoms with E-state index in [1.54, 1.807) is 11.0 Å². The van der Waals surface area contributed by atoms with Crippen LogP contribution in [0, 0.1) is 10.1 Å². The first-order chi connectivity index (χ1) is 16.9. The number of anilines is 1. The van der Waals surface area contributed by atoms with Crippen LogP contribution < -0.4 is 4.90 Å². The number of nitro benzene ring substituents is 1. The van der Waals surface area contributed by atoms with Crippen molar-refractivity contribution in [2.24, 2.45) is 0 Å². The van der Waals surface area contributed by atoms with Crippen LogP contribution in [0.25, 0.3) is 11.4 Å². The van der Waals surface area contributed by atoms with Crippen LogP contribution in [0.1, 0.15) is 21.8 Å². The molecule has 0 atom stereocenters. The van der Waals surface area contributed by atoms with Crippen LogP contribution in [0.15, 0.2) is 83.4 Å². The number of nitrogens with zero attached hydrogens (tertiary/aromatic N) is 5. The summed E-state index contributed by atoms with van der Waals surface area (Å²) in [5.41, 5.74) is 2.96. The average molecular weight is 472 g/mol. The molecule has 0 saturated heterocycles. The van der Waals surface area contributed by atoms with Crippen molar-refractivity contribution in [2.75, 3.05) is 25.5 Å². The fourth-order valence-electron chi connectivity index (χ4n) is 3.60. The summed E-state index contributed by atoms with van der Waals surface area (Å²) >= 11 is 0. The zero-order valence-corrected chi connectivity index (χ0v) is 19.5. The van der Waals surface area contributed by atoms with Crippen LogP contribution in [-0.4, -0.2) is 46.5 Å². The molecule has 0 unspecified atom stereocenters. The molecule has 1 aromatic heterocycles. The summed E-state index contributed by atoms with van der Waals surface area (Å²) in [6, 6.07) is 23.1. The monoisotopic (exact) mass is 471 g/mol. The second-order valence-corrected chi connectivity index (χ2v) is 8.22. The van der Waals surface area contributed by atoms with Gasteiger partial charge in [0, 0.05) is 62.6 Å². The van der Waals surface area contributed by atoms with Gasteiger partial charge >= 0.3 is 0 Å². The first-order valence-electron chi connectivity index (χ1n) is 11.1. The first kappa shape index (κ1) is 23.6. The van der Waals surface area contributed by atoms with Crippen LogP contribution in [0.3, 0.4) is 0 Å². The minimum Gasteiger partial charge on any atom is -0.378 e. The Morgan fingerprint density at radius 2 is 1.74 bits per heavy atom. The molecule has 4 aromatic rings. The lowest BCUT2D eigenvalue weighted by atomic mass is 10.1. The number of hydrogen-bond donors (Lipinski definition) is 0. The normalized spacial score (nSPS) is 10.7. The Labute approximate surface area is 202 Å². The molecule has 9 nitrogen and oxygen atoms in total. The molecule has 178 valence electrons. The summed E-state index contributed by atoms with van der Waals surface area (Å²) in [5, 5.41) is 15.2. The lowest BCUT2D eigenvalue weighted by molar-refractivity contribution is -0.384. The standard InChI is InChI=1S/C26H25N5O4/c1-29(2)22-13-11-20(12-14-22)25-27-24(35-28-25)15-16-30(18-19-7-4-3-5-8-19)26(32)21-9-6-10-23(17-21)31(33)34/h3-14,17H,15-16,18H2,1-2H3. The number of carbonyl (C=O) groups excluding carboxylic acids is 1. The molecule has 0 saturated carbocycles. The maximum atomic E-state index is 13.3. The summed E-state index contributed by atoms with van der Waals surface area (Å²) in [6.45, 7) is 0.646.